The SMILES string of the molecule is COC(=O)c1nc(-c2cccc(Cl)c2)nc2c1CCNC2. The van der Waals surface area contributed by atoms with Crippen molar-refractivity contribution in [2.75, 3.05) is 13.7 Å². The van der Waals surface area contributed by atoms with E-state index in [1.165, 1.54) is 7.11 Å². The summed E-state index contributed by atoms with van der Waals surface area (Å²) in [6.45, 7) is 1.42. The zero-order chi connectivity index (χ0) is 14.8. The molecule has 3 rings (SSSR count). The predicted molar refractivity (Wildman–Crippen MR) is 79.2 cm³/mol. The number of carbonyl (C=O) groups is 1. The number of hydrogen-bond acceptors (Lipinski definition) is 5. The number of aromatic nitrogens is 2. The summed E-state index contributed by atoms with van der Waals surface area (Å²) >= 11 is 6.01. The summed E-state index contributed by atoms with van der Waals surface area (Å²) in [5, 5.41) is 3.85. The lowest BCUT2D eigenvalue weighted by Gasteiger charge is -2.19. The third-order valence-electron chi connectivity index (χ3n) is 3.40. The van der Waals surface area contributed by atoms with E-state index in [0.29, 0.717) is 23.1 Å². The number of halogens is 1. The smallest absolute Gasteiger partial charge is 0.357 e. The molecule has 1 aliphatic rings. The summed E-state index contributed by atoms with van der Waals surface area (Å²) in [6.07, 6.45) is 0.718. The van der Waals surface area contributed by atoms with E-state index in [9.17, 15) is 4.79 Å². The molecule has 108 valence electrons. The van der Waals surface area contributed by atoms with Gasteiger partial charge in [0.05, 0.1) is 12.8 Å². The summed E-state index contributed by atoms with van der Waals surface area (Å²) in [7, 11) is 1.36. The van der Waals surface area contributed by atoms with Crippen molar-refractivity contribution in [2.24, 2.45) is 0 Å². The Hall–Kier alpha value is -1.98. The Balaban J connectivity index is 2.16. The fourth-order valence-corrected chi connectivity index (χ4v) is 2.57. The fourth-order valence-electron chi connectivity index (χ4n) is 2.38. The topological polar surface area (TPSA) is 64.1 Å². The fraction of sp³-hybridized carbons (Fsp3) is 0.267. The molecule has 0 atom stereocenters. The number of fused-ring (bicyclic) bond motifs is 1. The van der Waals surface area contributed by atoms with E-state index in [-0.39, 0.29) is 0 Å². The van der Waals surface area contributed by atoms with Crippen LogP contribution in [0, 0.1) is 0 Å². The number of nitrogens with one attached hydrogen (secondary N) is 1. The quantitative estimate of drug-likeness (QED) is 0.862. The Morgan fingerprint density at radius 2 is 2.24 bits per heavy atom. The van der Waals surface area contributed by atoms with Crippen LogP contribution in [0.5, 0.6) is 0 Å². The van der Waals surface area contributed by atoms with E-state index in [4.69, 9.17) is 16.3 Å². The molecule has 21 heavy (non-hydrogen) atoms. The molecule has 6 heteroatoms. The number of nitrogens with zero attached hydrogens (tertiary/aromatic N) is 2. The molecule has 1 aromatic heterocycles. The van der Waals surface area contributed by atoms with E-state index in [2.05, 4.69) is 15.3 Å². The van der Waals surface area contributed by atoms with Gasteiger partial charge in [-0.2, -0.15) is 0 Å². The molecule has 0 saturated carbocycles. The van der Waals surface area contributed by atoms with Gasteiger partial charge in [-0.1, -0.05) is 23.7 Å². The van der Waals surface area contributed by atoms with Gasteiger partial charge in [0, 0.05) is 22.7 Å². The first kappa shape index (κ1) is 14.0. The molecule has 0 fully saturated rings. The lowest BCUT2D eigenvalue weighted by atomic mass is 10.0. The van der Waals surface area contributed by atoms with Crippen molar-refractivity contribution in [3.8, 4) is 11.4 Å². The van der Waals surface area contributed by atoms with E-state index < -0.39 is 5.97 Å². The number of rotatable bonds is 2. The number of benzene rings is 1. The largest absolute Gasteiger partial charge is 0.464 e. The lowest BCUT2D eigenvalue weighted by Crippen LogP contribution is -2.28. The Morgan fingerprint density at radius 3 is 3.00 bits per heavy atom. The molecule has 1 aliphatic heterocycles. The Morgan fingerprint density at radius 1 is 1.38 bits per heavy atom. The van der Waals surface area contributed by atoms with Crippen LogP contribution in [0.3, 0.4) is 0 Å². The highest BCUT2D eigenvalue weighted by Crippen LogP contribution is 2.24. The van der Waals surface area contributed by atoms with Crippen LogP contribution < -0.4 is 5.32 Å². The van der Waals surface area contributed by atoms with E-state index in [0.717, 1.165) is 29.8 Å². The number of methoxy groups -OCH3 is 1. The molecule has 0 amide bonds. The third-order valence-corrected chi connectivity index (χ3v) is 3.63. The maximum Gasteiger partial charge on any atom is 0.357 e. The van der Waals surface area contributed by atoms with E-state index in [1.54, 1.807) is 12.1 Å². The van der Waals surface area contributed by atoms with Crippen LogP contribution in [0.25, 0.3) is 11.4 Å². The maximum absolute atomic E-state index is 12.0. The first-order valence-electron chi connectivity index (χ1n) is 6.64. The molecule has 0 bridgehead atoms. The third kappa shape index (κ3) is 2.75. The van der Waals surface area contributed by atoms with Crippen molar-refractivity contribution in [3.63, 3.8) is 0 Å². The molecule has 2 aromatic rings. The van der Waals surface area contributed by atoms with Crippen molar-refractivity contribution in [3.05, 3.63) is 46.2 Å². The normalized spacial score (nSPS) is 13.6. The Kier molecular flexibility index (Phi) is 3.86. The highest BCUT2D eigenvalue weighted by molar-refractivity contribution is 6.30. The Bertz CT molecular complexity index is 703. The second kappa shape index (κ2) is 5.79. The molecular formula is C15H14ClN3O2. The molecule has 0 aliphatic carbocycles. The Labute approximate surface area is 127 Å². The van der Waals surface area contributed by atoms with Crippen LogP contribution >= 0.6 is 11.6 Å². The van der Waals surface area contributed by atoms with Crippen LogP contribution in [0.4, 0.5) is 0 Å². The summed E-state index contributed by atoms with van der Waals surface area (Å²) < 4.78 is 4.84. The van der Waals surface area contributed by atoms with Gasteiger partial charge >= 0.3 is 5.97 Å². The summed E-state index contributed by atoms with van der Waals surface area (Å²) in [5.41, 5.74) is 2.83. The monoisotopic (exact) mass is 303 g/mol. The predicted octanol–water partition coefficient (Wildman–Crippen LogP) is 2.23. The van der Waals surface area contributed by atoms with Crippen molar-refractivity contribution in [2.45, 2.75) is 13.0 Å². The van der Waals surface area contributed by atoms with E-state index in [1.807, 2.05) is 12.1 Å². The average Bonchev–Trinajstić information content (AvgIpc) is 2.53. The minimum absolute atomic E-state index is 0.346. The molecule has 0 unspecified atom stereocenters. The second-order valence-corrected chi connectivity index (χ2v) is 5.19. The van der Waals surface area contributed by atoms with Gasteiger partial charge in [0.15, 0.2) is 11.5 Å². The molecule has 1 N–H and O–H groups in total. The number of hydrogen-bond donors (Lipinski definition) is 1. The van der Waals surface area contributed by atoms with Gasteiger partial charge in [-0.15, -0.1) is 0 Å². The van der Waals surface area contributed by atoms with Gasteiger partial charge in [-0.25, -0.2) is 14.8 Å². The average molecular weight is 304 g/mol. The maximum atomic E-state index is 12.0. The van der Waals surface area contributed by atoms with Gasteiger partial charge in [-0.3, -0.25) is 0 Å². The summed E-state index contributed by atoms with van der Waals surface area (Å²) in [6, 6.07) is 7.26. The van der Waals surface area contributed by atoms with Gasteiger partial charge in [0.1, 0.15) is 0 Å². The van der Waals surface area contributed by atoms with Gasteiger partial charge < -0.3 is 10.1 Å². The van der Waals surface area contributed by atoms with Crippen LogP contribution in [0.15, 0.2) is 24.3 Å². The number of ether oxygens (including phenoxy) is 1. The standard InChI is InChI=1S/C15H14ClN3O2/c1-21-15(20)13-11-5-6-17-8-12(11)18-14(19-13)9-3-2-4-10(16)7-9/h2-4,7,17H,5-6,8H2,1H3. The molecule has 2 heterocycles. The van der Waals surface area contributed by atoms with Crippen LogP contribution in [0.1, 0.15) is 21.7 Å². The van der Waals surface area contributed by atoms with Crippen LogP contribution in [0.2, 0.25) is 5.02 Å². The van der Waals surface area contributed by atoms with Gasteiger partial charge in [0.2, 0.25) is 0 Å². The zero-order valence-electron chi connectivity index (χ0n) is 11.5. The van der Waals surface area contributed by atoms with Crippen molar-refractivity contribution in [1.29, 1.82) is 0 Å². The van der Waals surface area contributed by atoms with Crippen molar-refractivity contribution in [1.82, 2.24) is 15.3 Å². The van der Waals surface area contributed by atoms with Crippen molar-refractivity contribution >= 4 is 17.6 Å². The van der Waals surface area contributed by atoms with Crippen LogP contribution in [-0.4, -0.2) is 29.6 Å². The van der Waals surface area contributed by atoms with Crippen LogP contribution in [-0.2, 0) is 17.7 Å². The highest BCUT2D eigenvalue weighted by atomic mass is 35.5. The number of esters is 1. The number of carbonyl (C=O) groups excluding carboxylic acids is 1. The first-order chi connectivity index (χ1) is 10.2. The van der Waals surface area contributed by atoms with E-state index >= 15 is 0 Å². The molecule has 0 spiro atoms. The minimum atomic E-state index is -0.432. The molecule has 5 nitrogen and oxygen atoms in total. The highest BCUT2D eigenvalue weighted by Gasteiger charge is 2.23. The molecular weight excluding hydrogens is 290 g/mol. The molecule has 0 saturated heterocycles. The van der Waals surface area contributed by atoms with Gasteiger partial charge in [0.25, 0.3) is 0 Å². The summed E-state index contributed by atoms with van der Waals surface area (Å²) in [5.74, 6) is 0.0548. The van der Waals surface area contributed by atoms with Gasteiger partial charge in [-0.05, 0) is 25.1 Å². The molecule has 0 radical (unpaired) electrons. The second-order valence-electron chi connectivity index (χ2n) is 4.75. The molecule has 1 aromatic carbocycles. The minimum Gasteiger partial charge on any atom is -0.464 e. The lowest BCUT2D eigenvalue weighted by molar-refractivity contribution is 0.0592. The zero-order valence-corrected chi connectivity index (χ0v) is 12.3. The van der Waals surface area contributed by atoms with Crippen molar-refractivity contribution < 1.29 is 9.53 Å². The first-order valence-corrected chi connectivity index (χ1v) is 7.01. The summed E-state index contributed by atoms with van der Waals surface area (Å²) in [4.78, 5) is 20.9.